The third kappa shape index (κ3) is 3.56. The Hall–Kier alpha value is -1.89. The summed E-state index contributed by atoms with van der Waals surface area (Å²) in [5, 5.41) is 0. The number of hydrogen-bond acceptors (Lipinski definition) is 5. The van der Waals surface area contributed by atoms with Crippen LogP contribution in [0.1, 0.15) is 17.3 Å². The maximum Gasteiger partial charge on any atom is 0.338 e. The standard InChI is InChI=1S/C11H13NO5S/c1-7(10(12)13)17-11(14)8-4-3-5-9(6-8)18(2,15)16/h3-7H,1-2H3,(H2,12,13)/t7-/m0/s1. The van der Waals surface area contributed by atoms with Crippen molar-refractivity contribution in [2.24, 2.45) is 5.73 Å². The van der Waals surface area contributed by atoms with Crippen LogP contribution < -0.4 is 5.73 Å². The first kappa shape index (κ1) is 14.2. The van der Waals surface area contributed by atoms with Gasteiger partial charge in [-0.2, -0.15) is 0 Å². The average Bonchev–Trinajstić information content (AvgIpc) is 2.27. The molecular weight excluding hydrogens is 258 g/mol. The number of primary amides is 1. The van der Waals surface area contributed by atoms with E-state index in [2.05, 4.69) is 0 Å². The summed E-state index contributed by atoms with van der Waals surface area (Å²) in [6.45, 7) is 1.33. The summed E-state index contributed by atoms with van der Waals surface area (Å²) in [6, 6.07) is 5.36. The highest BCUT2D eigenvalue weighted by molar-refractivity contribution is 7.90. The number of carbonyl (C=O) groups excluding carboxylic acids is 2. The highest BCUT2D eigenvalue weighted by Crippen LogP contribution is 2.12. The molecule has 0 radical (unpaired) electrons. The number of carbonyl (C=O) groups is 2. The molecule has 1 rings (SSSR count). The van der Waals surface area contributed by atoms with Gasteiger partial charge in [0.1, 0.15) is 0 Å². The molecule has 2 N–H and O–H groups in total. The van der Waals surface area contributed by atoms with Crippen LogP contribution in [0, 0.1) is 0 Å². The van der Waals surface area contributed by atoms with Crippen LogP contribution in [0.2, 0.25) is 0 Å². The maximum absolute atomic E-state index is 11.6. The molecule has 0 saturated heterocycles. The van der Waals surface area contributed by atoms with Crippen molar-refractivity contribution in [2.75, 3.05) is 6.26 Å². The molecule has 98 valence electrons. The van der Waals surface area contributed by atoms with Gasteiger partial charge in [-0.1, -0.05) is 6.07 Å². The maximum atomic E-state index is 11.6. The van der Waals surface area contributed by atoms with Gasteiger partial charge < -0.3 is 10.5 Å². The molecule has 7 heteroatoms. The van der Waals surface area contributed by atoms with E-state index in [4.69, 9.17) is 10.5 Å². The predicted molar refractivity (Wildman–Crippen MR) is 63.6 cm³/mol. The van der Waals surface area contributed by atoms with E-state index >= 15 is 0 Å². The molecule has 0 aliphatic carbocycles. The number of hydrogen-bond donors (Lipinski definition) is 1. The smallest absolute Gasteiger partial charge is 0.338 e. The minimum Gasteiger partial charge on any atom is -0.449 e. The van der Waals surface area contributed by atoms with Gasteiger partial charge in [0.25, 0.3) is 5.91 Å². The summed E-state index contributed by atoms with van der Waals surface area (Å²) in [6.07, 6.45) is -0.0388. The van der Waals surface area contributed by atoms with Gasteiger partial charge in [0.2, 0.25) is 0 Å². The minimum atomic E-state index is -3.40. The number of esters is 1. The Morgan fingerprint density at radius 2 is 1.94 bits per heavy atom. The van der Waals surface area contributed by atoms with Gasteiger partial charge in [0.15, 0.2) is 15.9 Å². The zero-order valence-electron chi connectivity index (χ0n) is 9.91. The Labute approximate surface area is 105 Å². The second kappa shape index (κ2) is 5.18. The fourth-order valence-electron chi connectivity index (χ4n) is 1.14. The zero-order valence-corrected chi connectivity index (χ0v) is 10.7. The van der Waals surface area contributed by atoms with Crippen molar-refractivity contribution in [2.45, 2.75) is 17.9 Å². The lowest BCUT2D eigenvalue weighted by Crippen LogP contribution is -2.30. The van der Waals surface area contributed by atoms with Crippen molar-refractivity contribution in [1.29, 1.82) is 0 Å². The lowest BCUT2D eigenvalue weighted by atomic mass is 10.2. The van der Waals surface area contributed by atoms with Gasteiger partial charge in [-0.15, -0.1) is 0 Å². The third-order valence-electron chi connectivity index (χ3n) is 2.18. The zero-order chi connectivity index (χ0) is 13.9. The Kier molecular flexibility index (Phi) is 4.07. The van der Waals surface area contributed by atoms with Gasteiger partial charge in [-0.25, -0.2) is 13.2 Å². The van der Waals surface area contributed by atoms with Crippen molar-refractivity contribution >= 4 is 21.7 Å². The van der Waals surface area contributed by atoms with Crippen molar-refractivity contribution in [3.05, 3.63) is 29.8 Å². The summed E-state index contributed by atoms with van der Waals surface area (Å²) in [5.41, 5.74) is 5.00. The number of ether oxygens (including phenoxy) is 1. The van der Waals surface area contributed by atoms with Crippen LogP contribution in [0.5, 0.6) is 0 Å². The van der Waals surface area contributed by atoms with Crippen molar-refractivity contribution < 1.29 is 22.7 Å². The largest absolute Gasteiger partial charge is 0.449 e. The predicted octanol–water partition coefficient (Wildman–Crippen LogP) is 0.121. The number of amides is 1. The van der Waals surface area contributed by atoms with E-state index in [0.717, 1.165) is 6.26 Å². The molecule has 18 heavy (non-hydrogen) atoms. The first-order valence-electron chi connectivity index (χ1n) is 5.02. The molecule has 0 fully saturated rings. The number of benzene rings is 1. The summed E-state index contributed by atoms with van der Waals surface area (Å²) >= 11 is 0. The lowest BCUT2D eigenvalue weighted by molar-refractivity contribution is -0.125. The molecule has 1 amide bonds. The Bertz CT molecular complexity index is 579. The van der Waals surface area contributed by atoms with Crippen LogP contribution in [-0.2, 0) is 19.4 Å². The first-order chi connectivity index (χ1) is 8.21. The van der Waals surface area contributed by atoms with Crippen molar-refractivity contribution in [1.82, 2.24) is 0 Å². The second-order valence-electron chi connectivity index (χ2n) is 3.75. The molecule has 0 heterocycles. The van der Waals surface area contributed by atoms with Crippen LogP contribution in [0.15, 0.2) is 29.2 Å². The highest BCUT2D eigenvalue weighted by atomic mass is 32.2. The van der Waals surface area contributed by atoms with Crippen LogP contribution in [0.25, 0.3) is 0 Å². The van der Waals surface area contributed by atoms with Crippen molar-refractivity contribution in [3.63, 3.8) is 0 Å². The van der Waals surface area contributed by atoms with Gasteiger partial charge in [0, 0.05) is 6.26 Å². The molecule has 0 spiro atoms. The second-order valence-corrected chi connectivity index (χ2v) is 5.77. The van der Waals surface area contributed by atoms with E-state index in [-0.39, 0.29) is 10.5 Å². The van der Waals surface area contributed by atoms with Gasteiger partial charge in [0.05, 0.1) is 10.5 Å². The third-order valence-corrected chi connectivity index (χ3v) is 3.29. The Morgan fingerprint density at radius 1 is 1.33 bits per heavy atom. The number of nitrogens with two attached hydrogens (primary N) is 1. The van der Waals surface area contributed by atoms with Crippen LogP contribution in [-0.4, -0.2) is 32.7 Å². The van der Waals surface area contributed by atoms with E-state index in [9.17, 15) is 18.0 Å². The van der Waals surface area contributed by atoms with Crippen molar-refractivity contribution in [3.8, 4) is 0 Å². The molecule has 0 aromatic heterocycles. The molecular formula is C11H13NO5S. The van der Waals surface area contributed by atoms with Crippen LogP contribution >= 0.6 is 0 Å². The highest BCUT2D eigenvalue weighted by Gasteiger charge is 2.17. The normalized spacial score (nSPS) is 12.8. The molecule has 0 aliphatic heterocycles. The molecule has 6 nitrogen and oxygen atoms in total. The molecule has 0 bridgehead atoms. The van der Waals surface area contributed by atoms with E-state index < -0.39 is 27.8 Å². The topological polar surface area (TPSA) is 104 Å². The quantitative estimate of drug-likeness (QED) is 0.783. The lowest BCUT2D eigenvalue weighted by Gasteiger charge is -2.09. The van der Waals surface area contributed by atoms with E-state index in [1.54, 1.807) is 0 Å². The van der Waals surface area contributed by atoms with E-state index in [1.165, 1.54) is 31.2 Å². The first-order valence-corrected chi connectivity index (χ1v) is 6.91. The minimum absolute atomic E-state index is 0.00341. The number of rotatable bonds is 4. The molecule has 0 unspecified atom stereocenters. The average molecular weight is 271 g/mol. The molecule has 1 aromatic rings. The molecule has 1 atom stereocenters. The summed E-state index contributed by atoms with van der Waals surface area (Å²) in [4.78, 5) is 22.4. The van der Waals surface area contributed by atoms with Gasteiger partial charge >= 0.3 is 5.97 Å². The Balaban J connectivity index is 2.98. The fourth-order valence-corrected chi connectivity index (χ4v) is 1.81. The van der Waals surface area contributed by atoms with Crippen LogP contribution in [0.3, 0.4) is 0 Å². The van der Waals surface area contributed by atoms with Gasteiger partial charge in [-0.05, 0) is 25.1 Å². The molecule has 1 aromatic carbocycles. The molecule has 0 aliphatic rings. The number of sulfone groups is 1. The van der Waals surface area contributed by atoms with Gasteiger partial charge in [-0.3, -0.25) is 4.79 Å². The SMILES string of the molecule is C[C@H](OC(=O)c1cccc(S(C)(=O)=O)c1)C(N)=O. The summed E-state index contributed by atoms with van der Waals surface area (Å²) in [5.74, 6) is -1.57. The Morgan fingerprint density at radius 3 is 2.44 bits per heavy atom. The molecule has 0 saturated carbocycles. The van der Waals surface area contributed by atoms with E-state index in [1.807, 2.05) is 0 Å². The van der Waals surface area contributed by atoms with Crippen LogP contribution in [0.4, 0.5) is 0 Å². The fraction of sp³-hybridized carbons (Fsp3) is 0.273. The van der Waals surface area contributed by atoms with E-state index in [0.29, 0.717) is 0 Å². The summed E-state index contributed by atoms with van der Waals surface area (Å²) in [7, 11) is -3.40. The monoisotopic (exact) mass is 271 g/mol. The summed E-state index contributed by atoms with van der Waals surface area (Å²) < 4.78 is 27.4.